The van der Waals surface area contributed by atoms with E-state index < -0.39 is 11.9 Å². The second kappa shape index (κ2) is 7.72. The van der Waals surface area contributed by atoms with Crippen LogP contribution in [0.4, 0.5) is 10.5 Å². The summed E-state index contributed by atoms with van der Waals surface area (Å²) >= 11 is 6.01. The summed E-state index contributed by atoms with van der Waals surface area (Å²) in [6.45, 7) is 3.96. The van der Waals surface area contributed by atoms with Crippen molar-refractivity contribution in [3.63, 3.8) is 0 Å². The highest BCUT2D eigenvalue weighted by Crippen LogP contribution is 2.27. The highest BCUT2D eigenvalue weighted by Gasteiger charge is 2.35. The molecule has 3 amide bonds. The quantitative estimate of drug-likeness (QED) is 0.483. The van der Waals surface area contributed by atoms with Gasteiger partial charge in [-0.05, 0) is 74.0 Å². The molecule has 0 spiro atoms. The van der Waals surface area contributed by atoms with Gasteiger partial charge in [0.2, 0.25) is 0 Å². The molecular formula is C23H20ClN3O3. The topological polar surface area (TPSA) is 63.6 Å². The van der Waals surface area contributed by atoms with Gasteiger partial charge in [-0.2, -0.15) is 0 Å². The molecule has 6 nitrogen and oxygen atoms in total. The largest absolute Gasteiger partial charge is 0.497 e. The number of hydrogen-bond donors (Lipinski definition) is 1. The number of anilines is 1. The van der Waals surface area contributed by atoms with Crippen molar-refractivity contribution in [3.8, 4) is 11.4 Å². The number of aromatic nitrogens is 1. The van der Waals surface area contributed by atoms with Crippen molar-refractivity contribution in [1.29, 1.82) is 0 Å². The average molecular weight is 422 g/mol. The van der Waals surface area contributed by atoms with Crippen molar-refractivity contribution in [1.82, 2.24) is 9.88 Å². The minimum Gasteiger partial charge on any atom is -0.497 e. The lowest BCUT2D eigenvalue weighted by molar-refractivity contribution is -0.113. The summed E-state index contributed by atoms with van der Waals surface area (Å²) in [4.78, 5) is 26.4. The number of urea groups is 1. The van der Waals surface area contributed by atoms with Crippen LogP contribution in [0.1, 0.15) is 17.0 Å². The lowest BCUT2D eigenvalue weighted by atomic mass is 10.2. The highest BCUT2D eigenvalue weighted by atomic mass is 35.5. The zero-order valence-electron chi connectivity index (χ0n) is 16.8. The summed E-state index contributed by atoms with van der Waals surface area (Å²) in [5.41, 5.74) is 4.44. The van der Waals surface area contributed by atoms with Crippen molar-refractivity contribution >= 4 is 35.3 Å². The number of amides is 3. The van der Waals surface area contributed by atoms with E-state index in [0.29, 0.717) is 10.7 Å². The third-order valence-electron chi connectivity index (χ3n) is 5.05. The molecule has 0 saturated carbocycles. The van der Waals surface area contributed by atoms with Crippen LogP contribution in [0, 0.1) is 13.8 Å². The maximum atomic E-state index is 12.9. The minimum atomic E-state index is -0.502. The minimum absolute atomic E-state index is 0.218. The molecule has 0 atom stereocenters. The first-order valence-corrected chi connectivity index (χ1v) is 9.73. The van der Waals surface area contributed by atoms with Gasteiger partial charge in [0, 0.05) is 22.1 Å². The van der Waals surface area contributed by atoms with E-state index in [9.17, 15) is 9.59 Å². The van der Waals surface area contributed by atoms with E-state index in [2.05, 4.69) is 9.88 Å². The van der Waals surface area contributed by atoms with Gasteiger partial charge >= 0.3 is 6.03 Å². The number of nitrogens with zero attached hydrogens (tertiary/aromatic N) is 2. The Bertz CT molecular complexity index is 1180. The van der Waals surface area contributed by atoms with Gasteiger partial charge in [0.05, 0.1) is 12.8 Å². The maximum Gasteiger partial charge on any atom is 0.333 e. The second-order valence-electron chi connectivity index (χ2n) is 6.97. The predicted molar refractivity (Wildman–Crippen MR) is 117 cm³/mol. The normalized spacial score (nSPS) is 15.1. The van der Waals surface area contributed by atoms with Crippen LogP contribution in [0.15, 0.2) is 60.3 Å². The van der Waals surface area contributed by atoms with Gasteiger partial charge in [-0.3, -0.25) is 4.79 Å². The van der Waals surface area contributed by atoms with Crippen LogP contribution >= 0.6 is 11.6 Å². The first-order valence-electron chi connectivity index (χ1n) is 9.35. The van der Waals surface area contributed by atoms with Crippen LogP contribution in [0.3, 0.4) is 0 Å². The zero-order valence-corrected chi connectivity index (χ0v) is 17.5. The number of halogens is 1. The van der Waals surface area contributed by atoms with E-state index in [4.69, 9.17) is 16.3 Å². The summed E-state index contributed by atoms with van der Waals surface area (Å²) in [6, 6.07) is 15.9. The molecule has 0 aliphatic carbocycles. The van der Waals surface area contributed by atoms with E-state index in [1.165, 1.54) is 0 Å². The number of rotatable bonds is 4. The molecule has 0 unspecified atom stereocenters. The standard InChI is InChI=1S/C23H20ClN3O3/c1-14-11-16(15(2)26(14)18-7-9-20(30-3)10-8-18)12-21-22(28)27(23(29)25-21)19-6-4-5-17(24)13-19/h4-13H,1-3H3,(H,25,29)/b21-12+. The fourth-order valence-electron chi connectivity index (χ4n) is 3.60. The summed E-state index contributed by atoms with van der Waals surface area (Å²) in [5.74, 6) is 0.362. The smallest absolute Gasteiger partial charge is 0.333 e. The Balaban J connectivity index is 1.68. The second-order valence-corrected chi connectivity index (χ2v) is 7.40. The van der Waals surface area contributed by atoms with Crippen molar-refractivity contribution in [3.05, 3.63) is 82.3 Å². The Morgan fingerprint density at radius 3 is 2.40 bits per heavy atom. The van der Waals surface area contributed by atoms with Gasteiger partial charge in [0.15, 0.2) is 0 Å². The molecule has 2 heterocycles. The maximum absolute atomic E-state index is 12.9. The molecular weight excluding hydrogens is 402 g/mol. The van der Waals surface area contributed by atoms with Crippen molar-refractivity contribution < 1.29 is 14.3 Å². The zero-order chi connectivity index (χ0) is 21.4. The lowest BCUT2D eigenvalue weighted by Gasteiger charge is -2.11. The first-order chi connectivity index (χ1) is 14.4. The molecule has 3 aromatic rings. The molecule has 1 aromatic heterocycles. The summed E-state index contributed by atoms with van der Waals surface area (Å²) in [7, 11) is 1.63. The van der Waals surface area contributed by atoms with E-state index in [1.807, 2.05) is 44.2 Å². The molecule has 4 rings (SSSR count). The molecule has 7 heteroatoms. The fourth-order valence-corrected chi connectivity index (χ4v) is 3.79. The van der Waals surface area contributed by atoms with Gasteiger partial charge in [0.1, 0.15) is 11.4 Å². The monoisotopic (exact) mass is 421 g/mol. The van der Waals surface area contributed by atoms with Gasteiger partial charge in [0.25, 0.3) is 5.91 Å². The van der Waals surface area contributed by atoms with E-state index >= 15 is 0 Å². The van der Waals surface area contributed by atoms with Crippen LogP contribution in [-0.4, -0.2) is 23.6 Å². The number of aryl methyl sites for hydroxylation is 1. The molecule has 1 N–H and O–H groups in total. The Kier molecular flexibility index (Phi) is 5.10. The molecule has 2 aromatic carbocycles. The van der Waals surface area contributed by atoms with Crippen molar-refractivity contribution in [2.75, 3.05) is 12.0 Å². The summed E-state index contributed by atoms with van der Waals surface area (Å²) in [6.07, 6.45) is 1.70. The highest BCUT2D eigenvalue weighted by molar-refractivity contribution is 6.32. The predicted octanol–water partition coefficient (Wildman–Crippen LogP) is 4.85. The Morgan fingerprint density at radius 2 is 1.73 bits per heavy atom. The average Bonchev–Trinajstić information content (AvgIpc) is 3.16. The number of carbonyl (C=O) groups excluding carboxylic acids is 2. The van der Waals surface area contributed by atoms with Crippen LogP contribution in [0.5, 0.6) is 5.75 Å². The van der Waals surface area contributed by atoms with Crippen LogP contribution < -0.4 is 15.0 Å². The SMILES string of the molecule is COc1ccc(-n2c(C)cc(/C=C3/NC(=O)N(c4cccc(Cl)c4)C3=O)c2C)cc1. The number of benzene rings is 2. The van der Waals surface area contributed by atoms with Gasteiger partial charge in [-0.25, -0.2) is 9.69 Å². The number of hydrogen-bond acceptors (Lipinski definition) is 3. The van der Waals surface area contributed by atoms with E-state index in [0.717, 1.165) is 33.3 Å². The number of ether oxygens (including phenoxy) is 1. The molecule has 1 aliphatic rings. The summed E-state index contributed by atoms with van der Waals surface area (Å²) < 4.78 is 7.31. The molecule has 30 heavy (non-hydrogen) atoms. The van der Waals surface area contributed by atoms with Gasteiger partial charge < -0.3 is 14.6 Å². The van der Waals surface area contributed by atoms with Gasteiger partial charge in [-0.15, -0.1) is 0 Å². The Hall–Kier alpha value is -3.51. The van der Waals surface area contributed by atoms with Crippen molar-refractivity contribution in [2.24, 2.45) is 0 Å². The first kappa shape index (κ1) is 19.8. The third kappa shape index (κ3) is 3.46. The van der Waals surface area contributed by atoms with Crippen molar-refractivity contribution in [2.45, 2.75) is 13.8 Å². The van der Waals surface area contributed by atoms with Crippen LogP contribution in [0.25, 0.3) is 11.8 Å². The number of nitrogens with one attached hydrogen (secondary N) is 1. The molecule has 0 radical (unpaired) electrons. The van der Waals surface area contributed by atoms with Crippen LogP contribution in [0.2, 0.25) is 5.02 Å². The number of imide groups is 1. The lowest BCUT2D eigenvalue weighted by Crippen LogP contribution is -2.30. The number of methoxy groups -OCH3 is 1. The number of carbonyl (C=O) groups is 2. The molecule has 152 valence electrons. The fraction of sp³-hybridized carbons (Fsp3) is 0.130. The Labute approximate surface area is 179 Å². The summed E-state index contributed by atoms with van der Waals surface area (Å²) in [5, 5.41) is 3.11. The van der Waals surface area contributed by atoms with E-state index in [1.54, 1.807) is 37.5 Å². The Morgan fingerprint density at radius 1 is 1.00 bits per heavy atom. The molecule has 1 fully saturated rings. The van der Waals surface area contributed by atoms with E-state index in [-0.39, 0.29) is 5.70 Å². The molecule has 0 bridgehead atoms. The third-order valence-corrected chi connectivity index (χ3v) is 5.28. The van der Waals surface area contributed by atoms with Gasteiger partial charge in [-0.1, -0.05) is 17.7 Å². The molecule has 1 saturated heterocycles. The molecule has 1 aliphatic heterocycles. The van der Waals surface area contributed by atoms with Crippen LogP contribution in [-0.2, 0) is 4.79 Å².